The fraction of sp³-hybridized carbons (Fsp3) is 0.333. The van der Waals surface area contributed by atoms with Crippen molar-refractivity contribution in [3.8, 4) is 11.5 Å². The minimum atomic E-state index is -0.680. The molecule has 2 aromatic carbocycles. The zero-order valence-electron chi connectivity index (χ0n) is 20.2. The van der Waals surface area contributed by atoms with Crippen molar-refractivity contribution in [1.82, 2.24) is 15.6 Å². The summed E-state index contributed by atoms with van der Waals surface area (Å²) in [5.74, 6) is 0.839. The van der Waals surface area contributed by atoms with Gasteiger partial charge in [0, 0.05) is 36.5 Å². The van der Waals surface area contributed by atoms with Crippen molar-refractivity contribution in [2.24, 2.45) is 0 Å². The highest BCUT2D eigenvalue weighted by atomic mass is 16.5. The number of phenols is 1. The van der Waals surface area contributed by atoms with Gasteiger partial charge >= 0.3 is 0 Å². The number of pyridine rings is 1. The van der Waals surface area contributed by atoms with Gasteiger partial charge in [-0.15, -0.1) is 0 Å². The molecule has 3 rings (SSSR count). The molecule has 2 atom stereocenters. The number of nitrogens with two attached hydrogens (primary N) is 1. The monoisotopic (exact) mass is 478 g/mol. The van der Waals surface area contributed by atoms with Crippen molar-refractivity contribution in [2.75, 3.05) is 25.4 Å². The highest BCUT2D eigenvalue weighted by Crippen LogP contribution is 2.26. The Hall–Kier alpha value is -3.62. The van der Waals surface area contributed by atoms with E-state index in [1.807, 2.05) is 38.1 Å². The van der Waals surface area contributed by atoms with Gasteiger partial charge in [0.15, 0.2) is 11.5 Å². The van der Waals surface area contributed by atoms with E-state index in [1.165, 1.54) is 0 Å². The average Bonchev–Trinajstić information content (AvgIpc) is 2.85. The van der Waals surface area contributed by atoms with E-state index < -0.39 is 6.10 Å². The second-order valence-electron chi connectivity index (χ2n) is 8.49. The molecule has 0 unspecified atom stereocenters. The number of aliphatic hydroxyl groups excluding tert-OH is 1. The summed E-state index contributed by atoms with van der Waals surface area (Å²) in [6, 6.07) is 16.3. The lowest BCUT2D eigenvalue weighted by atomic mass is 10.0. The van der Waals surface area contributed by atoms with E-state index in [-0.39, 0.29) is 17.7 Å². The summed E-state index contributed by atoms with van der Waals surface area (Å²) in [7, 11) is 0. The molecule has 0 spiro atoms. The van der Waals surface area contributed by atoms with Crippen LogP contribution in [-0.4, -0.2) is 46.8 Å². The molecule has 0 fully saturated rings. The van der Waals surface area contributed by atoms with Crippen LogP contribution in [0.1, 0.15) is 47.0 Å². The third-order valence-electron chi connectivity index (χ3n) is 5.61. The van der Waals surface area contributed by atoms with Crippen molar-refractivity contribution in [2.45, 2.75) is 38.8 Å². The normalized spacial score (nSPS) is 12.7. The van der Waals surface area contributed by atoms with Gasteiger partial charge in [-0.25, -0.2) is 4.98 Å². The number of carbonyl (C=O) groups is 1. The minimum Gasteiger partial charge on any atom is -0.504 e. The first-order valence-electron chi connectivity index (χ1n) is 11.8. The standard InChI is InChI=1S/C27H34N4O4/c1-3-35-25-15-19(7-9-23(25)32)11-12-29-27(34)21-6-4-5-20(14-21)13-18(2)30-17-24(33)22-8-10-26(28)31-16-22/h4-10,14-16,18,24,30,32-33H,3,11-13,17H2,1-2H3,(H2,28,31)(H,29,34)/t18-,24-/m1/s1. The number of anilines is 1. The van der Waals surface area contributed by atoms with Gasteiger partial charge in [-0.2, -0.15) is 0 Å². The summed E-state index contributed by atoms with van der Waals surface area (Å²) in [6.07, 6.45) is 2.23. The Morgan fingerprint density at radius 3 is 2.71 bits per heavy atom. The molecule has 0 radical (unpaired) electrons. The number of hydrogen-bond acceptors (Lipinski definition) is 7. The smallest absolute Gasteiger partial charge is 0.251 e. The lowest BCUT2D eigenvalue weighted by Crippen LogP contribution is -2.32. The maximum absolute atomic E-state index is 12.7. The second kappa shape index (κ2) is 12.7. The first-order chi connectivity index (χ1) is 16.9. The van der Waals surface area contributed by atoms with Crippen LogP contribution in [0.2, 0.25) is 0 Å². The molecule has 1 heterocycles. The highest BCUT2D eigenvalue weighted by Gasteiger charge is 2.12. The highest BCUT2D eigenvalue weighted by molar-refractivity contribution is 5.94. The van der Waals surface area contributed by atoms with Gasteiger partial charge in [0.25, 0.3) is 5.91 Å². The molecule has 0 aliphatic carbocycles. The predicted molar refractivity (Wildman–Crippen MR) is 137 cm³/mol. The lowest BCUT2D eigenvalue weighted by Gasteiger charge is -2.18. The van der Waals surface area contributed by atoms with Crippen LogP contribution in [0.4, 0.5) is 5.82 Å². The van der Waals surface area contributed by atoms with Crippen LogP contribution in [0.3, 0.4) is 0 Å². The molecule has 3 aromatic rings. The molecule has 8 heteroatoms. The van der Waals surface area contributed by atoms with E-state index in [0.717, 1.165) is 11.1 Å². The van der Waals surface area contributed by atoms with Gasteiger partial charge in [0.1, 0.15) is 5.82 Å². The molecule has 0 aliphatic rings. The van der Waals surface area contributed by atoms with Gasteiger partial charge in [0.2, 0.25) is 0 Å². The van der Waals surface area contributed by atoms with E-state index in [0.29, 0.717) is 55.2 Å². The van der Waals surface area contributed by atoms with Crippen LogP contribution < -0.4 is 21.1 Å². The number of hydrogen-bond donors (Lipinski definition) is 5. The van der Waals surface area contributed by atoms with Gasteiger partial charge in [-0.1, -0.05) is 24.3 Å². The van der Waals surface area contributed by atoms with E-state index in [2.05, 4.69) is 15.6 Å². The molecule has 186 valence electrons. The van der Waals surface area contributed by atoms with Crippen LogP contribution in [0.5, 0.6) is 11.5 Å². The maximum Gasteiger partial charge on any atom is 0.251 e. The SMILES string of the molecule is CCOc1cc(CCNC(=O)c2cccc(C[C@@H](C)NC[C@@H](O)c3ccc(N)nc3)c2)ccc1O. The van der Waals surface area contributed by atoms with Crippen LogP contribution in [0.15, 0.2) is 60.8 Å². The van der Waals surface area contributed by atoms with Gasteiger partial charge in [-0.3, -0.25) is 4.79 Å². The number of amides is 1. The Morgan fingerprint density at radius 2 is 1.97 bits per heavy atom. The zero-order chi connectivity index (χ0) is 25.2. The van der Waals surface area contributed by atoms with Crippen molar-refractivity contribution in [3.05, 3.63) is 83.0 Å². The molecular formula is C27H34N4O4. The number of benzene rings is 2. The van der Waals surface area contributed by atoms with Gasteiger partial charge in [0.05, 0.1) is 12.7 Å². The topological polar surface area (TPSA) is 130 Å². The fourth-order valence-electron chi connectivity index (χ4n) is 3.72. The number of nitrogen functional groups attached to an aromatic ring is 1. The van der Waals surface area contributed by atoms with E-state index in [4.69, 9.17) is 10.5 Å². The summed E-state index contributed by atoms with van der Waals surface area (Å²) >= 11 is 0. The Bertz CT molecular complexity index is 1100. The summed E-state index contributed by atoms with van der Waals surface area (Å²) in [6.45, 7) is 5.22. The molecule has 0 saturated carbocycles. The number of phenolic OH excluding ortho intramolecular Hbond substituents is 1. The van der Waals surface area contributed by atoms with Gasteiger partial charge < -0.3 is 31.3 Å². The quantitative estimate of drug-likeness (QED) is 0.271. The van der Waals surface area contributed by atoms with Crippen LogP contribution in [0.25, 0.3) is 0 Å². The molecule has 35 heavy (non-hydrogen) atoms. The molecule has 8 nitrogen and oxygen atoms in total. The molecule has 0 aliphatic heterocycles. The third kappa shape index (κ3) is 7.98. The van der Waals surface area contributed by atoms with Crippen LogP contribution >= 0.6 is 0 Å². The van der Waals surface area contributed by atoms with Crippen molar-refractivity contribution >= 4 is 11.7 Å². The van der Waals surface area contributed by atoms with Crippen LogP contribution in [-0.2, 0) is 12.8 Å². The number of nitrogens with one attached hydrogen (secondary N) is 2. The Morgan fingerprint density at radius 1 is 1.14 bits per heavy atom. The molecule has 0 saturated heterocycles. The second-order valence-corrected chi connectivity index (χ2v) is 8.49. The molecular weight excluding hydrogens is 444 g/mol. The summed E-state index contributed by atoms with van der Waals surface area (Å²) in [4.78, 5) is 16.7. The first kappa shape index (κ1) is 26.0. The lowest BCUT2D eigenvalue weighted by molar-refractivity contribution is 0.0954. The zero-order valence-corrected chi connectivity index (χ0v) is 20.2. The number of nitrogens with zero attached hydrogens (tertiary/aromatic N) is 1. The van der Waals surface area contributed by atoms with Crippen LogP contribution in [0, 0.1) is 0 Å². The van der Waals surface area contributed by atoms with Crippen molar-refractivity contribution in [3.63, 3.8) is 0 Å². The third-order valence-corrected chi connectivity index (χ3v) is 5.61. The largest absolute Gasteiger partial charge is 0.504 e. The maximum atomic E-state index is 12.7. The van der Waals surface area contributed by atoms with E-state index >= 15 is 0 Å². The van der Waals surface area contributed by atoms with Crippen molar-refractivity contribution in [1.29, 1.82) is 0 Å². The molecule has 6 N–H and O–H groups in total. The minimum absolute atomic E-state index is 0.0961. The molecule has 0 bridgehead atoms. The number of aromatic hydroxyl groups is 1. The number of carbonyl (C=O) groups excluding carboxylic acids is 1. The Labute approximate surface area is 206 Å². The van der Waals surface area contributed by atoms with E-state index in [9.17, 15) is 15.0 Å². The summed E-state index contributed by atoms with van der Waals surface area (Å²) < 4.78 is 5.41. The fourth-order valence-corrected chi connectivity index (χ4v) is 3.72. The Kier molecular flexibility index (Phi) is 9.46. The number of aliphatic hydroxyl groups is 1. The summed E-state index contributed by atoms with van der Waals surface area (Å²) in [5, 5.41) is 26.4. The molecule has 1 amide bonds. The van der Waals surface area contributed by atoms with Crippen molar-refractivity contribution < 1.29 is 19.7 Å². The number of rotatable bonds is 12. The Balaban J connectivity index is 1.47. The number of ether oxygens (including phenoxy) is 1. The average molecular weight is 479 g/mol. The molecule has 1 aromatic heterocycles. The summed E-state index contributed by atoms with van der Waals surface area (Å²) in [5.41, 5.74) is 8.90. The van der Waals surface area contributed by atoms with E-state index in [1.54, 1.807) is 36.5 Å². The predicted octanol–water partition coefficient (Wildman–Crippen LogP) is 2.99. The van der Waals surface area contributed by atoms with Gasteiger partial charge in [-0.05, 0) is 68.1 Å². The number of aromatic nitrogens is 1. The first-order valence-corrected chi connectivity index (χ1v) is 11.8.